The van der Waals surface area contributed by atoms with Gasteiger partial charge in [-0.3, -0.25) is 0 Å². The summed E-state index contributed by atoms with van der Waals surface area (Å²) in [6.07, 6.45) is 1.06. The normalized spacial score (nSPS) is 19.7. The molecule has 1 N–H and O–H groups in total. The lowest BCUT2D eigenvalue weighted by Crippen LogP contribution is -2.32. The van der Waals surface area contributed by atoms with Gasteiger partial charge in [-0.25, -0.2) is 0 Å². The third-order valence-corrected chi connectivity index (χ3v) is 2.84. The Labute approximate surface area is 90.4 Å². The largest absolute Gasteiger partial charge is 0.496 e. The summed E-state index contributed by atoms with van der Waals surface area (Å²) in [5, 5.41) is 3.45. The molecule has 1 unspecified atom stereocenters. The molecule has 15 heavy (non-hydrogen) atoms. The van der Waals surface area contributed by atoms with E-state index in [1.807, 2.05) is 12.1 Å². The molecule has 0 spiro atoms. The SMILES string of the molecule is COCC1NCCc2cccc(OC)c21. The molecule has 0 fully saturated rings. The number of ether oxygens (including phenoxy) is 2. The fourth-order valence-corrected chi connectivity index (χ4v) is 2.17. The van der Waals surface area contributed by atoms with Crippen molar-refractivity contribution in [1.29, 1.82) is 0 Å². The van der Waals surface area contributed by atoms with Gasteiger partial charge in [0, 0.05) is 12.7 Å². The predicted molar refractivity (Wildman–Crippen MR) is 59.3 cm³/mol. The first kappa shape index (κ1) is 10.5. The molecular weight excluding hydrogens is 190 g/mol. The van der Waals surface area contributed by atoms with Crippen molar-refractivity contribution in [2.45, 2.75) is 12.5 Å². The second kappa shape index (κ2) is 4.64. The van der Waals surface area contributed by atoms with Crippen molar-refractivity contribution < 1.29 is 9.47 Å². The van der Waals surface area contributed by atoms with E-state index in [4.69, 9.17) is 9.47 Å². The summed E-state index contributed by atoms with van der Waals surface area (Å²) in [7, 11) is 3.44. The predicted octanol–water partition coefficient (Wildman–Crippen LogP) is 1.53. The lowest BCUT2D eigenvalue weighted by Gasteiger charge is -2.28. The highest BCUT2D eigenvalue weighted by Crippen LogP contribution is 2.31. The summed E-state index contributed by atoms with van der Waals surface area (Å²) in [5.74, 6) is 0.960. The molecule has 82 valence electrons. The van der Waals surface area contributed by atoms with Crippen LogP contribution in [-0.2, 0) is 11.2 Å². The van der Waals surface area contributed by atoms with Gasteiger partial charge >= 0.3 is 0 Å². The first-order valence-electron chi connectivity index (χ1n) is 5.25. The van der Waals surface area contributed by atoms with E-state index in [9.17, 15) is 0 Å². The summed E-state index contributed by atoms with van der Waals surface area (Å²) >= 11 is 0. The molecule has 2 rings (SSSR count). The first-order chi connectivity index (χ1) is 7.36. The fraction of sp³-hybridized carbons (Fsp3) is 0.500. The van der Waals surface area contributed by atoms with Gasteiger partial charge < -0.3 is 14.8 Å². The van der Waals surface area contributed by atoms with Crippen LogP contribution in [0.25, 0.3) is 0 Å². The number of benzene rings is 1. The van der Waals surface area contributed by atoms with Crippen molar-refractivity contribution in [2.75, 3.05) is 27.4 Å². The van der Waals surface area contributed by atoms with E-state index < -0.39 is 0 Å². The minimum absolute atomic E-state index is 0.259. The van der Waals surface area contributed by atoms with Crippen LogP contribution in [0.1, 0.15) is 17.2 Å². The maximum absolute atomic E-state index is 5.39. The highest BCUT2D eigenvalue weighted by atomic mass is 16.5. The van der Waals surface area contributed by atoms with E-state index in [1.54, 1.807) is 14.2 Å². The van der Waals surface area contributed by atoms with E-state index in [0.717, 1.165) is 18.7 Å². The Bertz CT molecular complexity index is 324. The van der Waals surface area contributed by atoms with Crippen molar-refractivity contribution in [3.05, 3.63) is 29.3 Å². The number of fused-ring (bicyclic) bond motifs is 1. The van der Waals surface area contributed by atoms with Crippen LogP contribution in [0.2, 0.25) is 0 Å². The zero-order valence-electron chi connectivity index (χ0n) is 9.25. The molecule has 0 saturated heterocycles. The third-order valence-electron chi connectivity index (χ3n) is 2.84. The third kappa shape index (κ3) is 1.98. The molecule has 1 aromatic rings. The summed E-state index contributed by atoms with van der Waals surface area (Å²) < 4.78 is 10.6. The lowest BCUT2D eigenvalue weighted by atomic mass is 9.94. The average Bonchev–Trinajstić information content (AvgIpc) is 2.29. The van der Waals surface area contributed by atoms with Gasteiger partial charge in [0.25, 0.3) is 0 Å². The molecule has 1 aromatic carbocycles. The molecule has 0 bridgehead atoms. The topological polar surface area (TPSA) is 30.5 Å². The molecular formula is C12H17NO2. The van der Waals surface area contributed by atoms with Crippen molar-refractivity contribution in [2.24, 2.45) is 0 Å². The minimum atomic E-state index is 0.259. The highest BCUT2D eigenvalue weighted by Gasteiger charge is 2.22. The second-order valence-electron chi connectivity index (χ2n) is 3.75. The van der Waals surface area contributed by atoms with Gasteiger partial charge in [-0.2, -0.15) is 0 Å². The Balaban J connectivity index is 2.38. The molecule has 1 aliphatic rings. The van der Waals surface area contributed by atoms with E-state index in [0.29, 0.717) is 6.61 Å². The Morgan fingerprint density at radius 2 is 2.27 bits per heavy atom. The van der Waals surface area contributed by atoms with E-state index >= 15 is 0 Å². The van der Waals surface area contributed by atoms with Gasteiger partial charge in [-0.05, 0) is 24.6 Å². The number of hydrogen-bond donors (Lipinski definition) is 1. The van der Waals surface area contributed by atoms with Gasteiger partial charge in [-0.1, -0.05) is 12.1 Å². The number of rotatable bonds is 3. The molecule has 0 amide bonds. The average molecular weight is 207 g/mol. The van der Waals surface area contributed by atoms with E-state index in [-0.39, 0.29) is 6.04 Å². The van der Waals surface area contributed by atoms with E-state index in [1.165, 1.54) is 11.1 Å². The molecule has 0 aromatic heterocycles. The maximum Gasteiger partial charge on any atom is 0.124 e. The standard InChI is InChI=1S/C12H17NO2/c1-14-8-10-12-9(6-7-13-10)4-3-5-11(12)15-2/h3-5,10,13H,6-8H2,1-2H3. The Morgan fingerprint density at radius 3 is 3.00 bits per heavy atom. The molecule has 3 nitrogen and oxygen atoms in total. The Hall–Kier alpha value is -1.06. The molecule has 0 aliphatic carbocycles. The smallest absolute Gasteiger partial charge is 0.124 e. The molecule has 1 heterocycles. The minimum Gasteiger partial charge on any atom is -0.496 e. The Morgan fingerprint density at radius 1 is 1.40 bits per heavy atom. The van der Waals surface area contributed by atoms with Crippen LogP contribution in [0.4, 0.5) is 0 Å². The molecule has 1 atom stereocenters. The number of nitrogens with one attached hydrogen (secondary N) is 1. The van der Waals surface area contributed by atoms with Crippen LogP contribution in [0.3, 0.4) is 0 Å². The Kier molecular flexibility index (Phi) is 3.23. The van der Waals surface area contributed by atoms with Gasteiger partial charge in [0.2, 0.25) is 0 Å². The van der Waals surface area contributed by atoms with Gasteiger partial charge in [-0.15, -0.1) is 0 Å². The van der Waals surface area contributed by atoms with Crippen molar-refractivity contribution in [3.63, 3.8) is 0 Å². The summed E-state index contributed by atoms with van der Waals surface area (Å²) in [6, 6.07) is 6.48. The quantitative estimate of drug-likeness (QED) is 0.815. The second-order valence-corrected chi connectivity index (χ2v) is 3.75. The van der Waals surface area contributed by atoms with Crippen LogP contribution in [0.15, 0.2) is 18.2 Å². The summed E-state index contributed by atoms with van der Waals surface area (Å²) in [5.41, 5.74) is 2.63. The zero-order valence-corrected chi connectivity index (χ0v) is 9.25. The van der Waals surface area contributed by atoms with Gasteiger partial charge in [0.1, 0.15) is 5.75 Å². The van der Waals surface area contributed by atoms with Crippen LogP contribution in [0, 0.1) is 0 Å². The van der Waals surface area contributed by atoms with E-state index in [2.05, 4.69) is 11.4 Å². The fourth-order valence-electron chi connectivity index (χ4n) is 2.17. The lowest BCUT2D eigenvalue weighted by molar-refractivity contribution is 0.163. The van der Waals surface area contributed by atoms with Crippen molar-refractivity contribution in [1.82, 2.24) is 5.32 Å². The first-order valence-corrected chi connectivity index (χ1v) is 5.25. The molecule has 1 aliphatic heterocycles. The van der Waals surface area contributed by atoms with Crippen molar-refractivity contribution >= 4 is 0 Å². The maximum atomic E-state index is 5.39. The zero-order chi connectivity index (χ0) is 10.7. The van der Waals surface area contributed by atoms with Crippen LogP contribution in [-0.4, -0.2) is 27.4 Å². The molecule has 3 heteroatoms. The van der Waals surface area contributed by atoms with Gasteiger partial charge in [0.15, 0.2) is 0 Å². The van der Waals surface area contributed by atoms with Gasteiger partial charge in [0.05, 0.1) is 19.8 Å². The number of methoxy groups -OCH3 is 2. The van der Waals surface area contributed by atoms with Crippen LogP contribution < -0.4 is 10.1 Å². The van der Waals surface area contributed by atoms with Crippen LogP contribution >= 0.6 is 0 Å². The molecule has 0 saturated carbocycles. The summed E-state index contributed by atoms with van der Waals surface area (Å²) in [4.78, 5) is 0. The monoisotopic (exact) mass is 207 g/mol. The van der Waals surface area contributed by atoms with Crippen molar-refractivity contribution in [3.8, 4) is 5.75 Å². The van der Waals surface area contributed by atoms with Crippen LogP contribution in [0.5, 0.6) is 5.75 Å². The summed E-state index contributed by atoms with van der Waals surface area (Å²) in [6.45, 7) is 1.70. The highest BCUT2D eigenvalue weighted by molar-refractivity contribution is 5.44. The molecule has 0 radical (unpaired) electrons. The number of hydrogen-bond acceptors (Lipinski definition) is 3.